The van der Waals surface area contributed by atoms with Gasteiger partial charge in [0.1, 0.15) is 28.7 Å². The zero-order valence-electron chi connectivity index (χ0n) is 27.9. The van der Waals surface area contributed by atoms with E-state index in [1.165, 1.54) is 24.3 Å². The van der Waals surface area contributed by atoms with Gasteiger partial charge in [0.15, 0.2) is 0 Å². The second-order valence-electron chi connectivity index (χ2n) is 14.8. The van der Waals surface area contributed by atoms with Gasteiger partial charge in [-0.3, -0.25) is 10.1 Å². The monoisotopic (exact) mass is 689 g/mol. The average Bonchev–Trinajstić information content (AvgIpc) is 3.28. The lowest BCUT2D eigenvalue weighted by molar-refractivity contribution is -0.157. The van der Waals surface area contributed by atoms with Crippen LogP contribution in [-0.2, 0) is 19.4 Å². The van der Waals surface area contributed by atoms with Crippen LogP contribution in [0.25, 0.3) is 0 Å². The van der Waals surface area contributed by atoms with E-state index in [0.29, 0.717) is 6.42 Å². The molecule has 0 saturated carbocycles. The summed E-state index contributed by atoms with van der Waals surface area (Å²) < 4.78 is 45.4. The summed E-state index contributed by atoms with van der Waals surface area (Å²) in [6, 6.07) is 9.09. The zero-order chi connectivity index (χ0) is 34.2. The van der Waals surface area contributed by atoms with Crippen molar-refractivity contribution in [2.45, 2.75) is 109 Å². The second kappa shape index (κ2) is 14.1. The maximum Gasteiger partial charge on any atom is 0.324 e. The maximum absolute atomic E-state index is 16.4. The van der Waals surface area contributed by atoms with Gasteiger partial charge in [-0.05, 0) is 88.2 Å². The number of ether oxygens (including phenoxy) is 1. The number of rotatable bonds is 8. The fraction of sp³-hybridized carbons (Fsp3) is 0.556. The Bertz CT molecular complexity index is 1500. The minimum atomic E-state index is -1.81. The van der Waals surface area contributed by atoms with Crippen LogP contribution in [0, 0.1) is 40.2 Å². The number of nitrogens with one attached hydrogen (secondary N) is 1. The van der Waals surface area contributed by atoms with Crippen LogP contribution >= 0.6 is 23.2 Å². The molecule has 2 aromatic rings. The Kier molecular flexibility index (Phi) is 11.2. The van der Waals surface area contributed by atoms with Crippen LogP contribution in [0.4, 0.5) is 8.78 Å². The van der Waals surface area contributed by atoms with Crippen molar-refractivity contribution in [1.29, 1.82) is 5.26 Å². The average molecular weight is 691 g/mol. The zero-order valence-corrected chi connectivity index (χ0v) is 30.4. The Morgan fingerprint density at radius 2 is 1.80 bits per heavy atom. The van der Waals surface area contributed by atoms with E-state index in [2.05, 4.69) is 57.4 Å². The van der Waals surface area contributed by atoms with E-state index in [9.17, 15) is 10.1 Å². The molecule has 0 spiro atoms. The predicted octanol–water partition coefficient (Wildman–Crippen LogP) is 9.15. The van der Waals surface area contributed by atoms with Crippen LogP contribution in [0.1, 0.15) is 77.8 Å². The molecule has 5 nitrogen and oxygen atoms in total. The number of halogens is 4. The molecule has 0 bridgehead atoms. The molecule has 7 atom stereocenters. The molecular formula is C36H45Cl2F2N2O3Si. The summed E-state index contributed by atoms with van der Waals surface area (Å²) in [5.41, 5.74) is -3.05. The third-order valence-corrected chi connectivity index (χ3v) is 10.3. The lowest BCUT2D eigenvalue weighted by atomic mass is 9.58. The Hall–Kier alpha value is -2.28. The van der Waals surface area contributed by atoms with Gasteiger partial charge in [-0.1, -0.05) is 74.3 Å². The van der Waals surface area contributed by atoms with Gasteiger partial charge in [0.25, 0.3) is 0 Å². The van der Waals surface area contributed by atoms with E-state index in [1.807, 2.05) is 0 Å². The van der Waals surface area contributed by atoms with Crippen LogP contribution in [0.3, 0.4) is 0 Å². The SMILES string of the molecule is C[Si](C)OC(C(C1CC=CCC1)[C@@H]1N[C@@H](C(=O)OC(C)(C)C)[C@H](c2cccc(Cl)c2F)[C@@]1(C#N)c1ccc(Cl)cc1F)C(C)(C)C. The second-order valence-corrected chi connectivity index (χ2v) is 17.7. The molecule has 10 heteroatoms. The highest BCUT2D eigenvalue weighted by atomic mass is 35.5. The van der Waals surface area contributed by atoms with Gasteiger partial charge in [0, 0.05) is 28.5 Å². The number of allylic oxidation sites excluding steroid dienone is 2. The molecule has 2 aromatic carbocycles. The fourth-order valence-corrected chi connectivity index (χ4v) is 8.71. The number of esters is 1. The molecule has 1 aliphatic carbocycles. The van der Waals surface area contributed by atoms with Crippen molar-refractivity contribution in [3.8, 4) is 6.07 Å². The molecule has 2 aliphatic rings. The smallest absolute Gasteiger partial charge is 0.324 e. The van der Waals surface area contributed by atoms with Crippen LogP contribution in [0.5, 0.6) is 0 Å². The first-order chi connectivity index (χ1) is 21.4. The highest BCUT2D eigenvalue weighted by Crippen LogP contribution is 2.56. The lowest BCUT2D eigenvalue weighted by Crippen LogP contribution is -2.57. The van der Waals surface area contributed by atoms with E-state index < -0.39 is 73.1 Å². The molecule has 1 fully saturated rings. The van der Waals surface area contributed by atoms with Crippen molar-refractivity contribution < 1.29 is 22.7 Å². The molecule has 0 aromatic heterocycles. The fourth-order valence-electron chi connectivity index (χ4n) is 7.35. The van der Waals surface area contributed by atoms with Gasteiger partial charge in [-0.15, -0.1) is 0 Å². The maximum atomic E-state index is 16.4. The summed E-state index contributed by atoms with van der Waals surface area (Å²) in [4.78, 5) is 14.2. The van der Waals surface area contributed by atoms with Crippen molar-refractivity contribution in [2.75, 3.05) is 0 Å². The van der Waals surface area contributed by atoms with Gasteiger partial charge in [0.2, 0.25) is 9.04 Å². The summed E-state index contributed by atoms with van der Waals surface area (Å²) in [7, 11) is -1.27. The third kappa shape index (κ3) is 7.39. The van der Waals surface area contributed by atoms with Gasteiger partial charge >= 0.3 is 5.97 Å². The number of carbonyl (C=O) groups is 1. The van der Waals surface area contributed by atoms with Gasteiger partial charge in [-0.2, -0.15) is 5.26 Å². The van der Waals surface area contributed by atoms with E-state index in [4.69, 9.17) is 32.4 Å². The van der Waals surface area contributed by atoms with Gasteiger partial charge < -0.3 is 9.16 Å². The number of nitrogens with zero attached hydrogens (tertiary/aromatic N) is 1. The van der Waals surface area contributed by atoms with E-state index in [-0.39, 0.29) is 27.1 Å². The number of carbonyl (C=O) groups excluding carboxylic acids is 1. The van der Waals surface area contributed by atoms with Crippen molar-refractivity contribution in [3.63, 3.8) is 0 Å². The first kappa shape index (κ1) is 36.6. The number of hydrogen-bond acceptors (Lipinski definition) is 5. The van der Waals surface area contributed by atoms with Crippen molar-refractivity contribution in [1.82, 2.24) is 5.32 Å². The Labute approximate surface area is 284 Å². The molecule has 46 heavy (non-hydrogen) atoms. The lowest BCUT2D eigenvalue weighted by Gasteiger charge is -2.48. The van der Waals surface area contributed by atoms with Gasteiger partial charge in [0.05, 0.1) is 17.2 Å². The van der Waals surface area contributed by atoms with E-state index >= 15 is 8.78 Å². The summed E-state index contributed by atoms with van der Waals surface area (Å²) in [5.74, 6) is -3.76. The highest BCUT2D eigenvalue weighted by Gasteiger charge is 2.65. The molecule has 4 rings (SSSR count). The molecule has 1 saturated heterocycles. The molecule has 1 heterocycles. The van der Waals surface area contributed by atoms with E-state index in [1.54, 1.807) is 26.8 Å². The number of benzene rings is 2. The minimum absolute atomic E-state index is 0.0124. The molecule has 1 aliphatic heterocycles. The molecular weight excluding hydrogens is 645 g/mol. The summed E-state index contributed by atoms with van der Waals surface area (Å²) >= 11 is 12.6. The molecule has 1 radical (unpaired) electrons. The van der Waals surface area contributed by atoms with E-state index in [0.717, 1.165) is 18.9 Å². The molecule has 3 unspecified atom stereocenters. The quantitative estimate of drug-likeness (QED) is 0.170. The van der Waals surface area contributed by atoms with Crippen molar-refractivity contribution >= 4 is 38.2 Å². The topological polar surface area (TPSA) is 71.3 Å². The van der Waals surface area contributed by atoms with Crippen LogP contribution in [0.15, 0.2) is 48.6 Å². The minimum Gasteiger partial charge on any atom is -0.459 e. The number of nitriles is 1. The first-order valence-electron chi connectivity index (χ1n) is 15.8. The Morgan fingerprint density at radius 3 is 2.35 bits per heavy atom. The summed E-state index contributed by atoms with van der Waals surface area (Å²) in [6.07, 6.45) is 6.24. The normalized spacial score (nSPS) is 26.5. The Morgan fingerprint density at radius 1 is 1.11 bits per heavy atom. The predicted molar refractivity (Wildman–Crippen MR) is 181 cm³/mol. The van der Waals surface area contributed by atoms with Crippen LogP contribution in [-0.4, -0.2) is 38.8 Å². The number of hydrogen-bond donors (Lipinski definition) is 1. The van der Waals surface area contributed by atoms with Crippen molar-refractivity contribution in [2.24, 2.45) is 17.3 Å². The van der Waals surface area contributed by atoms with Gasteiger partial charge in [-0.25, -0.2) is 8.78 Å². The molecule has 249 valence electrons. The Balaban J connectivity index is 2.13. The van der Waals surface area contributed by atoms with Crippen molar-refractivity contribution in [3.05, 3.63) is 81.4 Å². The summed E-state index contributed by atoms with van der Waals surface area (Å²) in [6.45, 7) is 15.7. The third-order valence-electron chi connectivity index (χ3n) is 9.02. The highest BCUT2D eigenvalue weighted by molar-refractivity contribution is 6.48. The largest absolute Gasteiger partial charge is 0.459 e. The van der Waals surface area contributed by atoms with Crippen LogP contribution in [0.2, 0.25) is 23.1 Å². The molecule has 0 amide bonds. The van der Waals surface area contributed by atoms with Crippen LogP contribution < -0.4 is 5.32 Å². The standard InChI is InChI=1S/C36H45Cl2F2N2O3Si/c1-34(2,3)32(45-46(7)8)27(21-13-10-9-11-14-21)31-36(20-41,24-18-17-22(37)19-26(24)39)28(23-15-12-16-25(38)29(23)40)30(42-31)33(43)44-35(4,5)6/h9-10,12,15-19,21,27-28,30-32,42H,11,13-14H2,1-8H3/t21?,27?,28-,30+,31-,32?,36+/m0/s1. The first-order valence-corrected chi connectivity index (χ1v) is 19.0. The molecule has 1 N–H and O–H groups in total. The summed E-state index contributed by atoms with van der Waals surface area (Å²) in [5, 5.41) is 15.0.